The van der Waals surface area contributed by atoms with Crippen molar-refractivity contribution in [3.63, 3.8) is 0 Å². The molecule has 1 heterocycles. The number of carbonyl (C=O) groups is 1. The van der Waals surface area contributed by atoms with Crippen LogP contribution in [0.1, 0.15) is 6.92 Å². The zero-order chi connectivity index (χ0) is 26.1. The fraction of sp³-hybridized carbons (Fsp3) is 0.0455. The van der Waals surface area contributed by atoms with Crippen LogP contribution in [-0.2, 0) is 24.9 Å². The van der Waals surface area contributed by atoms with E-state index in [0.29, 0.717) is 5.69 Å². The quantitative estimate of drug-likeness (QED) is 0.301. The summed E-state index contributed by atoms with van der Waals surface area (Å²) in [4.78, 5) is 12.4. The summed E-state index contributed by atoms with van der Waals surface area (Å²) < 4.78 is 60.2. The lowest BCUT2D eigenvalue weighted by Crippen LogP contribution is -2.28. The molecule has 4 rings (SSSR count). The number of hydrogen-bond acceptors (Lipinski definition) is 8. The minimum Gasteiger partial charge on any atom is -0.282 e. The van der Waals surface area contributed by atoms with Crippen LogP contribution in [0.25, 0.3) is 0 Å². The summed E-state index contributed by atoms with van der Waals surface area (Å²) in [6.07, 6.45) is 0. The third-order valence-electron chi connectivity index (χ3n) is 4.90. The largest absolute Gasteiger partial charge is 0.301 e. The molecule has 0 saturated heterocycles. The maximum Gasteiger partial charge on any atom is 0.301 e. The number of para-hydroxylation sites is 1. The molecule has 36 heavy (non-hydrogen) atoms. The molecule has 0 unspecified atom stereocenters. The van der Waals surface area contributed by atoms with Crippen molar-refractivity contribution in [3.8, 4) is 0 Å². The lowest BCUT2D eigenvalue weighted by atomic mass is 10.2. The standard InChI is InChI=1S/C22H18ClN5O6S2/c1-14-21(22(29)28(26-14)20-13-18(36(32,33)34)10-11-19(20)23)25-24-16-8-5-9-17(12-16)35(30,31)27-15-6-3-2-4-7-15/h2-13,24,27H,1H3,(H,32,33,34)/b25-21-. The van der Waals surface area contributed by atoms with Gasteiger partial charge in [0.15, 0.2) is 5.71 Å². The second kappa shape index (κ2) is 9.70. The molecule has 1 aliphatic rings. The summed E-state index contributed by atoms with van der Waals surface area (Å²) in [7, 11) is -8.42. The molecule has 0 bridgehead atoms. The van der Waals surface area contributed by atoms with Crippen molar-refractivity contribution in [2.45, 2.75) is 16.7 Å². The molecule has 0 spiro atoms. The third-order valence-corrected chi connectivity index (χ3v) is 7.45. The van der Waals surface area contributed by atoms with Gasteiger partial charge in [-0.3, -0.25) is 19.5 Å². The number of rotatable bonds is 7. The van der Waals surface area contributed by atoms with Crippen molar-refractivity contribution in [2.24, 2.45) is 10.2 Å². The van der Waals surface area contributed by atoms with Gasteiger partial charge in [0.05, 0.1) is 31.9 Å². The summed E-state index contributed by atoms with van der Waals surface area (Å²) in [5.74, 6) is -0.719. The Morgan fingerprint density at radius 1 is 0.917 bits per heavy atom. The molecule has 3 N–H and O–H groups in total. The van der Waals surface area contributed by atoms with Crippen LogP contribution in [0.2, 0.25) is 5.02 Å². The van der Waals surface area contributed by atoms with Crippen LogP contribution in [0.4, 0.5) is 17.1 Å². The topological polar surface area (TPSA) is 158 Å². The van der Waals surface area contributed by atoms with Crippen molar-refractivity contribution < 1.29 is 26.2 Å². The van der Waals surface area contributed by atoms with Crippen LogP contribution in [0, 0.1) is 0 Å². The van der Waals surface area contributed by atoms with E-state index in [-0.39, 0.29) is 32.7 Å². The molecule has 0 aromatic heterocycles. The Morgan fingerprint density at radius 2 is 1.61 bits per heavy atom. The molecule has 186 valence electrons. The summed E-state index contributed by atoms with van der Waals surface area (Å²) in [5.41, 5.74) is 3.34. The first kappa shape index (κ1) is 25.3. The number of nitrogens with one attached hydrogen (secondary N) is 2. The Kier molecular flexibility index (Phi) is 6.82. The summed E-state index contributed by atoms with van der Waals surface area (Å²) in [6.45, 7) is 1.50. The Balaban J connectivity index is 1.57. The van der Waals surface area contributed by atoms with E-state index in [1.807, 2.05) is 0 Å². The maximum atomic E-state index is 12.9. The average molecular weight is 548 g/mol. The van der Waals surface area contributed by atoms with E-state index in [4.69, 9.17) is 11.6 Å². The highest BCUT2D eigenvalue weighted by Gasteiger charge is 2.32. The molecular weight excluding hydrogens is 530 g/mol. The normalized spacial score (nSPS) is 15.2. The predicted molar refractivity (Wildman–Crippen MR) is 137 cm³/mol. The first-order valence-corrected chi connectivity index (χ1v) is 13.4. The van der Waals surface area contributed by atoms with E-state index >= 15 is 0 Å². The van der Waals surface area contributed by atoms with Crippen LogP contribution in [0.15, 0.2) is 92.8 Å². The highest BCUT2D eigenvalue weighted by atomic mass is 35.5. The van der Waals surface area contributed by atoms with Crippen molar-refractivity contribution in [2.75, 3.05) is 15.2 Å². The monoisotopic (exact) mass is 547 g/mol. The van der Waals surface area contributed by atoms with Crippen molar-refractivity contribution in [1.82, 2.24) is 0 Å². The van der Waals surface area contributed by atoms with Crippen LogP contribution in [-0.4, -0.2) is 38.7 Å². The fourth-order valence-electron chi connectivity index (χ4n) is 3.18. The van der Waals surface area contributed by atoms with Crippen molar-refractivity contribution in [1.29, 1.82) is 0 Å². The van der Waals surface area contributed by atoms with E-state index < -0.39 is 30.9 Å². The minimum atomic E-state index is -4.54. The van der Waals surface area contributed by atoms with Gasteiger partial charge < -0.3 is 0 Å². The first-order valence-electron chi connectivity index (χ1n) is 10.1. The number of halogens is 1. The van der Waals surface area contributed by atoms with Gasteiger partial charge >= 0.3 is 5.91 Å². The number of benzene rings is 3. The van der Waals surface area contributed by atoms with Gasteiger partial charge in [-0.15, -0.1) is 0 Å². The van der Waals surface area contributed by atoms with E-state index in [1.54, 1.807) is 36.4 Å². The fourth-order valence-corrected chi connectivity index (χ4v) is 4.98. The molecule has 0 fully saturated rings. The second-order valence-electron chi connectivity index (χ2n) is 7.46. The Hall–Kier alpha value is -3.78. The maximum absolute atomic E-state index is 12.9. The Morgan fingerprint density at radius 3 is 2.31 bits per heavy atom. The van der Waals surface area contributed by atoms with E-state index in [2.05, 4.69) is 20.4 Å². The lowest BCUT2D eigenvalue weighted by Gasteiger charge is -2.14. The van der Waals surface area contributed by atoms with Gasteiger partial charge in [-0.1, -0.05) is 35.9 Å². The van der Waals surface area contributed by atoms with Gasteiger partial charge in [-0.05, 0) is 55.5 Å². The number of sulfonamides is 1. The molecule has 0 aliphatic carbocycles. The van der Waals surface area contributed by atoms with Crippen molar-refractivity contribution >= 4 is 66.1 Å². The van der Waals surface area contributed by atoms with Gasteiger partial charge in [0.25, 0.3) is 20.1 Å². The SMILES string of the molecule is CC1=NN(c2cc(S(=O)(=O)O)ccc2Cl)C(=O)/C1=N\Nc1cccc(S(=O)(=O)Nc2ccccc2)c1. The second-order valence-corrected chi connectivity index (χ2v) is 11.0. The van der Waals surface area contributed by atoms with Gasteiger partial charge in [0, 0.05) is 5.69 Å². The number of anilines is 3. The molecule has 0 radical (unpaired) electrons. The predicted octanol–water partition coefficient (Wildman–Crippen LogP) is 3.58. The average Bonchev–Trinajstić information content (AvgIpc) is 3.10. The molecule has 11 nitrogen and oxygen atoms in total. The van der Waals surface area contributed by atoms with Crippen LogP contribution >= 0.6 is 11.6 Å². The van der Waals surface area contributed by atoms with Crippen molar-refractivity contribution in [3.05, 3.63) is 77.8 Å². The number of carbonyl (C=O) groups excluding carboxylic acids is 1. The van der Waals surface area contributed by atoms with E-state index in [0.717, 1.165) is 17.1 Å². The van der Waals surface area contributed by atoms with E-state index in [9.17, 15) is 26.2 Å². The number of nitrogens with zero attached hydrogens (tertiary/aromatic N) is 3. The number of hydrazone groups is 2. The minimum absolute atomic E-state index is 0.0188. The van der Waals surface area contributed by atoms with Gasteiger partial charge in [0.1, 0.15) is 0 Å². The van der Waals surface area contributed by atoms with Crippen LogP contribution < -0.4 is 15.2 Å². The molecule has 1 amide bonds. The molecule has 0 atom stereocenters. The van der Waals surface area contributed by atoms with Crippen LogP contribution in [0.3, 0.4) is 0 Å². The molecular formula is C22H18ClN5O6S2. The van der Waals surface area contributed by atoms with Gasteiger partial charge in [-0.25, -0.2) is 8.42 Å². The zero-order valence-electron chi connectivity index (χ0n) is 18.5. The molecule has 3 aromatic rings. The van der Waals surface area contributed by atoms with Gasteiger partial charge in [0.2, 0.25) is 0 Å². The molecule has 3 aromatic carbocycles. The zero-order valence-corrected chi connectivity index (χ0v) is 20.8. The summed E-state index contributed by atoms with van der Waals surface area (Å²) in [5, 5.41) is 9.02. The number of hydrogen-bond donors (Lipinski definition) is 3. The Bertz CT molecular complexity index is 1620. The highest BCUT2D eigenvalue weighted by molar-refractivity contribution is 7.92. The van der Waals surface area contributed by atoms with Crippen LogP contribution in [0.5, 0.6) is 0 Å². The highest BCUT2D eigenvalue weighted by Crippen LogP contribution is 2.31. The Labute approximate surface area is 211 Å². The number of amides is 1. The van der Waals surface area contributed by atoms with E-state index in [1.165, 1.54) is 31.2 Å². The smallest absolute Gasteiger partial charge is 0.282 e. The third kappa shape index (κ3) is 5.39. The summed E-state index contributed by atoms with van der Waals surface area (Å²) >= 11 is 6.12. The van der Waals surface area contributed by atoms with Gasteiger partial charge in [-0.2, -0.15) is 23.6 Å². The lowest BCUT2D eigenvalue weighted by molar-refractivity contribution is -0.112. The first-order chi connectivity index (χ1) is 17.0. The molecule has 0 saturated carbocycles. The molecule has 14 heteroatoms. The molecule has 1 aliphatic heterocycles. The summed E-state index contributed by atoms with van der Waals surface area (Å²) in [6, 6.07) is 17.5.